The summed E-state index contributed by atoms with van der Waals surface area (Å²) in [6.07, 6.45) is 4.00. The molecule has 25 heavy (non-hydrogen) atoms. The van der Waals surface area contributed by atoms with Crippen molar-refractivity contribution in [3.8, 4) is 0 Å². The molecule has 0 aliphatic carbocycles. The van der Waals surface area contributed by atoms with E-state index in [1.54, 1.807) is 0 Å². The Bertz CT molecular complexity index is 737. The molecule has 2 heterocycles. The van der Waals surface area contributed by atoms with Crippen molar-refractivity contribution in [1.29, 1.82) is 0 Å². The summed E-state index contributed by atoms with van der Waals surface area (Å²) in [7, 11) is 0. The van der Waals surface area contributed by atoms with E-state index in [9.17, 15) is 5.11 Å². The zero-order valence-corrected chi connectivity index (χ0v) is 15.6. The van der Waals surface area contributed by atoms with Crippen LogP contribution < -0.4 is 10.2 Å². The molecule has 0 bridgehead atoms. The average molecular weight is 361 g/mol. The van der Waals surface area contributed by atoms with Crippen LogP contribution in [-0.2, 0) is 6.42 Å². The fourth-order valence-corrected chi connectivity index (χ4v) is 3.38. The van der Waals surface area contributed by atoms with E-state index in [1.165, 1.54) is 0 Å². The molecule has 134 valence electrons. The molecule has 6 heteroatoms. The molecule has 2 aromatic rings. The fourth-order valence-electron chi connectivity index (χ4n) is 3.20. The topological polar surface area (TPSA) is 61.3 Å². The van der Waals surface area contributed by atoms with Gasteiger partial charge in [-0.05, 0) is 43.9 Å². The zero-order valence-electron chi connectivity index (χ0n) is 14.8. The number of halogens is 1. The van der Waals surface area contributed by atoms with Crippen LogP contribution in [0.3, 0.4) is 0 Å². The lowest BCUT2D eigenvalue weighted by molar-refractivity contribution is 0.266. The fraction of sp³-hybridized carbons (Fsp3) is 0.474. The minimum absolute atomic E-state index is 0.144. The molecule has 1 atom stereocenters. The minimum Gasteiger partial charge on any atom is -0.394 e. The predicted octanol–water partition coefficient (Wildman–Crippen LogP) is 4.10. The first-order chi connectivity index (χ1) is 12.1. The maximum Gasteiger partial charge on any atom is 0.229 e. The number of aliphatic hydroxyl groups excluding tert-OH is 1. The van der Waals surface area contributed by atoms with E-state index in [1.807, 2.05) is 31.2 Å². The van der Waals surface area contributed by atoms with Crippen molar-refractivity contribution in [1.82, 2.24) is 9.97 Å². The lowest BCUT2D eigenvalue weighted by atomic mass is 10.2. The summed E-state index contributed by atoms with van der Waals surface area (Å²) in [4.78, 5) is 11.5. The number of aliphatic hydroxyl groups is 1. The Hall–Kier alpha value is -1.85. The van der Waals surface area contributed by atoms with Crippen LogP contribution in [0.25, 0.3) is 0 Å². The predicted molar refractivity (Wildman–Crippen MR) is 103 cm³/mol. The zero-order chi connectivity index (χ0) is 17.8. The molecule has 0 radical (unpaired) electrons. The second-order valence-electron chi connectivity index (χ2n) is 6.55. The number of nitrogens with zero attached hydrogens (tertiary/aromatic N) is 3. The molecule has 5 nitrogen and oxygen atoms in total. The molecule has 1 unspecified atom stereocenters. The van der Waals surface area contributed by atoms with Gasteiger partial charge in [0, 0.05) is 29.0 Å². The molecule has 2 N–H and O–H groups in total. The van der Waals surface area contributed by atoms with Gasteiger partial charge in [-0.25, -0.2) is 4.98 Å². The van der Waals surface area contributed by atoms with E-state index in [-0.39, 0.29) is 12.6 Å². The van der Waals surface area contributed by atoms with E-state index in [0.717, 1.165) is 60.0 Å². The van der Waals surface area contributed by atoms with Crippen molar-refractivity contribution >= 4 is 29.1 Å². The van der Waals surface area contributed by atoms with Crippen LogP contribution in [0.5, 0.6) is 0 Å². The summed E-state index contributed by atoms with van der Waals surface area (Å²) in [6, 6.07) is 8.03. The number of hydrogen-bond donors (Lipinski definition) is 2. The highest BCUT2D eigenvalue weighted by Crippen LogP contribution is 2.27. The van der Waals surface area contributed by atoms with Crippen LogP contribution in [0, 0.1) is 6.92 Å². The molecule has 3 rings (SSSR count). The maximum absolute atomic E-state index is 9.62. The summed E-state index contributed by atoms with van der Waals surface area (Å²) < 4.78 is 0. The average Bonchev–Trinajstić information content (AvgIpc) is 3.07. The first-order valence-corrected chi connectivity index (χ1v) is 9.27. The number of benzene rings is 1. The van der Waals surface area contributed by atoms with Crippen molar-refractivity contribution in [2.24, 2.45) is 0 Å². The molecule has 1 aromatic heterocycles. The van der Waals surface area contributed by atoms with Gasteiger partial charge in [0.1, 0.15) is 5.82 Å². The van der Waals surface area contributed by atoms with Crippen molar-refractivity contribution in [3.63, 3.8) is 0 Å². The Balaban J connectivity index is 1.90. The molecule has 0 spiro atoms. The molecule has 1 aliphatic rings. The lowest BCUT2D eigenvalue weighted by Gasteiger charge is -2.25. The number of hydrogen-bond acceptors (Lipinski definition) is 5. The lowest BCUT2D eigenvalue weighted by Crippen LogP contribution is -2.33. The minimum atomic E-state index is 0.144. The van der Waals surface area contributed by atoms with Crippen molar-refractivity contribution in [2.75, 3.05) is 23.4 Å². The Kier molecular flexibility index (Phi) is 5.76. The highest BCUT2D eigenvalue weighted by atomic mass is 35.5. The Morgan fingerprint density at radius 3 is 2.88 bits per heavy atom. The third kappa shape index (κ3) is 4.22. The van der Waals surface area contributed by atoms with Gasteiger partial charge >= 0.3 is 0 Å². The van der Waals surface area contributed by atoms with E-state index in [2.05, 4.69) is 22.1 Å². The second kappa shape index (κ2) is 8.02. The van der Waals surface area contributed by atoms with E-state index in [0.29, 0.717) is 5.95 Å². The van der Waals surface area contributed by atoms with Gasteiger partial charge in [0.05, 0.1) is 12.6 Å². The van der Waals surface area contributed by atoms with Crippen molar-refractivity contribution in [2.45, 2.75) is 45.6 Å². The summed E-state index contributed by atoms with van der Waals surface area (Å²) in [5, 5.41) is 13.6. The maximum atomic E-state index is 9.62. The van der Waals surface area contributed by atoms with Gasteiger partial charge < -0.3 is 15.3 Å². The molecule has 1 aliphatic heterocycles. The Labute approximate surface area is 154 Å². The van der Waals surface area contributed by atoms with Crippen LogP contribution in [0.15, 0.2) is 24.3 Å². The first kappa shape index (κ1) is 18.0. The molecular formula is C19H25ClN4O. The molecular weight excluding hydrogens is 336 g/mol. The second-order valence-corrected chi connectivity index (χ2v) is 6.96. The smallest absolute Gasteiger partial charge is 0.229 e. The van der Waals surface area contributed by atoms with Gasteiger partial charge in [0.15, 0.2) is 0 Å². The SMILES string of the molecule is CCCc1cc(N2CCCC2CO)nc(Nc2ccc(C)c(Cl)c2)n1. The summed E-state index contributed by atoms with van der Waals surface area (Å²) >= 11 is 6.22. The van der Waals surface area contributed by atoms with Crippen molar-refractivity contribution in [3.05, 3.63) is 40.5 Å². The Morgan fingerprint density at radius 2 is 2.16 bits per heavy atom. The summed E-state index contributed by atoms with van der Waals surface area (Å²) in [6.45, 7) is 5.19. The Morgan fingerprint density at radius 1 is 1.32 bits per heavy atom. The standard InChI is InChI=1S/C19H25ClN4O/c1-3-5-14-11-18(24-9-4-6-16(24)12-25)23-19(21-14)22-15-8-7-13(2)17(20)10-15/h7-8,10-11,16,25H,3-6,9,12H2,1-2H3,(H,21,22,23). The van der Waals surface area contributed by atoms with Gasteiger partial charge in [-0.3, -0.25) is 0 Å². The normalized spacial score (nSPS) is 17.1. The monoisotopic (exact) mass is 360 g/mol. The van der Waals surface area contributed by atoms with Crippen LogP contribution in [0.4, 0.5) is 17.5 Å². The number of nitrogens with one attached hydrogen (secondary N) is 1. The third-order valence-corrected chi connectivity index (χ3v) is 4.99. The summed E-state index contributed by atoms with van der Waals surface area (Å²) in [5.74, 6) is 1.46. The van der Waals surface area contributed by atoms with E-state index >= 15 is 0 Å². The van der Waals surface area contributed by atoms with Gasteiger partial charge in [-0.1, -0.05) is 31.0 Å². The van der Waals surface area contributed by atoms with E-state index in [4.69, 9.17) is 16.6 Å². The van der Waals surface area contributed by atoms with Crippen molar-refractivity contribution < 1.29 is 5.11 Å². The van der Waals surface area contributed by atoms with Crippen LogP contribution in [0.2, 0.25) is 5.02 Å². The first-order valence-electron chi connectivity index (χ1n) is 8.89. The van der Waals surface area contributed by atoms with Gasteiger partial charge in [0.25, 0.3) is 0 Å². The molecule has 0 saturated carbocycles. The number of aryl methyl sites for hydroxylation is 2. The van der Waals surface area contributed by atoms with Gasteiger partial charge in [-0.15, -0.1) is 0 Å². The van der Waals surface area contributed by atoms with Gasteiger partial charge in [-0.2, -0.15) is 4.98 Å². The molecule has 1 fully saturated rings. The highest BCUT2D eigenvalue weighted by Gasteiger charge is 2.25. The third-order valence-electron chi connectivity index (χ3n) is 4.58. The summed E-state index contributed by atoms with van der Waals surface area (Å²) in [5.41, 5.74) is 2.92. The quantitative estimate of drug-likeness (QED) is 0.812. The number of rotatable bonds is 6. The van der Waals surface area contributed by atoms with Crippen LogP contribution in [-0.4, -0.2) is 34.3 Å². The van der Waals surface area contributed by atoms with Crippen LogP contribution in [0.1, 0.15) is 37.4 Å². The molecule has 0 amide bonds. The van der Waals surface area contributed by atoms with Gasteiger partial charge in [0.2, 0.25) is 5.95 Å². The molecule has 1 saturated heterocycles. The van der Waals surface area contributed by atoms with E-state index < -0.39 is 0 Å². The number of anilines is 3. The molecule has 1 aromatic carbocycles. The largest absolute Gasteiger partial charge is 0.394 e. The highest BCUT2D eigenvalue weighted by molar-refractivity contribution is 6.31. The van der Waals surface area contributed by atoms with Crippen LogP contribution >= 0.6 is 11.6 Å². The number of aromatic nitrogens is 2.